The van der Waals surface area contributed by atoms with Crippen molar-refractivity contribution in [3.8, 4) is 0 Å². The first kappa shape index (κ1) is 66.3. The van der Waals surface area contributed by atoms with Crippen LogP contribution in [0.5, 0.6) is 0 Å². The highest BCUT2D eigenvalue weighted by Gasteiger charge is 2.44. The number of nitrogens with one attached hydrogen (secondary N) is 1. The minimum atomic E-state index is -1.67. The van der Waals surface area contributed by atoms with Gasteiger partial charge in [-0.2, -0.15) is 0 Å². The topological polar surface area (TPSA) is 189 Å². The van der Waals surface area contributed by atoms with Gasteiger partial charge in [-0.15, -0.1) is 0 Å². The van der Waals surface area contributed by atoms with Crippen molar-refractivity contribution in [1.82, 2.24) is 5.32 Å². The van der Waals surface area contributed by atoms with Crippen LogP contribution in [0.4, 0.5) is 0 Å². The van der Waals surface area contributed by atoms with Gasteiger partial charge in [0.1, 0.15) is 36.6 Å². The number of unbranched alkanes of at least 4 members (excludes halogenated alkanes) is 32. The molecule has 0 bridgehead atoms. The molecule has 0 aromatic rings. The normalized spacial score (nSPS) is 20.5. The van der Waals surface area contributed by atoms with Gasteiger partial charge in [-0.3, -0.25) is 4.79 Å². The van der Waals surface area contributed by atoms with E-state index >= 15 is 0 Å². The Morgan fingerprint density at radius 3 is 1.31 bits per heavy atom. The van der Waals surface area contributed by atoms with Crippen LogP contribution in [0.15, 0.2) is 36.5 Å². The van der Waals surface area contributed by atoms with Gasteiger partial charge < -0.3 is 50.5 Å². The van der Waals surface area contributed by atoms with Crippen LogP contribution in [0.25, 0.3) is 0 Å². The summed E-state index contributed by atoms with van der Waals surface area (Å²) in [4.78, 5) is 13.1. The Bertz CT molecular complexity index is 1230. The first-order chi connectivity index (χ1) is 34.2. The Hall–Kier alpha value is -1.67. The first-order valence-electron chi connectivity index (χ1n) is 29.4. The molecule has 1 amide bonds. The predicted molar refractivity (Wildman–Crippen MR) is 289 cm³/mol. The number of aliphatic hydroxyl groups is 7. The lowest BCUT2D eigenvalue weighted by molar-refractivity contribution is -0.303. The molecule has 11 nitrogen and oxygen atoms in total. The Morgan fingerprint density at radius 2 is 0.871 bits per heavy atom. The number of hydrogen-bond donors (Lipinski definition) is 8. The highest BCUT2D eigenvalue weighted by atomic mass is 16.7. The molecule has 9 unspecified atom stereocenters. The van der Waals surface area contributed by atoms with Crippen LogP contribution in [0.2, 0.25) is 0 Å². The van der Waals surface area contributed by atoms with Gasteiger partial charge in [0.25, 0.3) is 0 Å². The molecule has 8 N–H and O–H groups in total. The lowest BCUT2D eigenvalue weighted by Gasteiger charge is -2.40. The van der Waals surface area contributed by atoms with E-state index in [9.17, 15) is 40.5 Å². The van der Waals surface area contributed by atoms with Crippen LogP contribution in [0, 0.1) is 0 Å². The van der Waals surface area contributed by atoms with Crippen molar-refractivity contribution in [2.24, 2.45) is 0 Å². The summed E-state index contributed by atoms with van der Waals surface area (Å²) in [7, 11) is 0. The highest BCUT2D eigenvalue weighted by molar-refractivity contribution is 5.80. The van der Waals surface area contributed by atoms with E-state index in [-0.39, 0.29) is 12.8 Å². The van der Waals surface area contributed by atoms with Crippen molar-refractivity contribution < 1.29 is 50.0 Å². The second-order valence-corrected chi connectivity index (χ2v) is 20.7. The van der Waals surface area contributed by atoms with Crippen LogP contribution in [0.1, 0.15) is 264 Å². The van der Waals surface area contributed by atoms with Crippen LogP contribution >= 0.6 is 0 Å². The van der Waals surface area contributed by atoms with E-state index in [1.54, 1.807) is 0 Å². The third-order valence-corrected chi connectivity index (χ3v) is 14.1. The van der Waals surface area contributed by atoms with Gasteiger partial charge in [0.2, 0.25) is 5.91 Å². The lowest BCUT2D eigenvalue weighted by atomic mass is 9.98. The standard InChI is InChI=1S/C59H111NO10/c1-3-5-7-9-11-13-15-16-17-18-19-20-21-22-23-24-25-26-27-28-29-30-31-32-33-34-35-37-39-41-43-45-47-52(63)58(68)60-50(49-69-59-57(67)56(66)55(65)53(48-61)70-59)54(64)51(62)46-44-42-40-38-36-14-12-10-8-6-4-2/h10,12,22-23,38,40,50-57,59,61-67H,3-9,11,13-21,24-37,39,41-49H2,1-2H3,(H,60,68)/b12-10+,23-22-,40-38+. The number of hydrogen-bond acceptors (Lipinski definition) is 10. The fourth-order valence-corrected chi connectivity index (χ4v) is 9.32. The van der Waals surface area contributed by atoms with Crippen LogP contribution < -0.4 is 5.32 Å². The monoisotopic (exact) mass is 994 g/mol. The fourth-order valence-electron chi connectivity index (χ4n) is 9.32. The average molecular weight is 995 g/mol. The van der Waals surface area contributed by atoms with Crippen LogP contribution in [-0.2, 0) is 14.3 Å². The number of rotatable bonds is 50. The zero-order chi connectivity index (χ0) is 51.1. The Balaban J connectivity index is 2.18. The molecule has 1 fully saturated rings. The highest BCUT2D eigenvalue weighted by Crippen LogP contribution is 2.23. The van der Waals surface area contributed by atoms with Crippen molar-refractivity contribution in [3.63, 3.8) is 0 Å². The zero-order valence-corrected chi connectivity index (χ0v) is 45.0. The van der Waals surface area contributed by atoms with Gasteiger partial charge in [0, 0.05) is 0 Å². The molecule has 0 aromatic heterocycles. The summed E-state index contributed by atoms with van der Waals surface area (Å²) in [5.41, 5.74) is 0. The molecule has 412 valence electrons. The molecule has 70 heavy (non-hydrogen) atoms. The number of carbonyl (C=O) groups excluding carboxylic acids is 1. The van der Waals surface area contributed by atoms with Crippen molar-refractivity contribution in [1.29, 1.82) is 0 Å². The van der Waals surface area contributed by atoms with Crippen molar-refractivity contribution >= 4 is 5.91 Å². The van der Waals surface area contributed by atoms with Crippen LogP contribution in [0.3, 0.4) is 0 Å². The molecular formula is C59H111NO10. The minimum absolute atomic E-state index is 0.246. The Kier molecular flexibility index (Phi) is 45.8. The predicted octanol–water partition coefficient (Wildman–Crippen LogP) is 12.3. The van der Waals surface area contributed by atoms with E-state index in [0.717, 1.165) is 38.5 Å². The van der Waals surface area contributed by atoms with Gasteiger partial charge in [0.05, 0.1) is 25.4 Å². The molecule has 1 aliphatic rings. The maximum absolute atomic E-state index is 13.1. The van der Waals surface area contributed by atoms with Gasteiger partial charge in [-0.05, 0) is 70.6 Å². The second kappa shape index (κ2) is 48.3. The first-order valence-corrected chi connectivity index (χ1v) is 29.4. The molecule has 1 heterocycles. The molecular weight excluding hydrogens is 883 g/mol. The summed E-state index contributed by atoms with van der Waals surface area (Å²) in [6, 6.07) is -1.19. The third-order valence-electron chi connectivity index (χ3n) is 14.1. The van der Waals surface area contributed by atoms with Crippen molar-refractivity contribution in [3.05, 3.63) is 36.5 Å². The van der Waals surface area contributed by atoms with E-state index in [4.69, 9.17) is 9.47 Å². The summed E-state index contributed by atoms with van der Waals surface area (Å²) in [5.74, 6) is -0.710. The Labute approximate surface area is 428 Å². The van der Waals surface area contributed by atoms with Crippen LogP contribution in [-0.4, -0.2) is 110 Å². The summed E-state index contributed by atoms with van der Waals surface area (Å²) >= 11 is 0. The molecule has 1 saturated heterocycles. The molecule has 1 rings (SSSR count). The number of allylic oxidation sites excluding steroid dienone is 6. The van der Waals surface area contributed by atoms with E-state index in [0.29, 0.717) is 19.3 Å². The van der Waals surface area contributed by atoms with Gasteiger partial charge >= 0.3 is 0 Å². The number of aliphatic hydroxyl groups excluding tert-OH is 7. The Morgan fingerprint density at radius 1 is 0.486 bits per heavy atom. The van der Waals surface area contributed by atoms with Gasteiger partial charge in [-0.1, -0.05) is 230 Å². The van der Waals surface area contributed by atoms with Crippen molar-refractivity contribution in [2.45, 2.75) is 319 Å². The van der Waals surface area contributed by atoms with Gasteiger partial charge in [-0.25, -0.2) is 0 Å². The minimum Gasteiger partial charge on any atom is -0.394 e. The zero-order valence-electron chi connectivity index (χ0n) is 45.0. The molecule has 11 heteroatoms. The van der Waals surface area contributed by atoms with E-state index in [2.05, 4.69) is 55.6 Å². The summed E-state index contributed by atoms with van der Waals surface area (Å²) in [6.07, 6.45) is 48.1. The summed E-state index contributed by atoms with van der Waals surface area (Å²) < 4.78 is 11.1. The average Bonchev–Trinajstić information content (AvgIpc) is 3.36. The number of ether oxygens (including phenoxy) is 2. The summed E-state index contributed by atoms with van der Waals surface area (Å²) in [6.45, 7) is 3.39. The molecule has 0 aromatic carbocycles. The largest absolute Gasteiger partial charge is 0.394 e. The number of carbonyl (C=O) groups is 1. The lowest BCUT2D eigenvalue weighted by Crippen LogP contribution is -2.60. The maximum atomic E-state index is 13.1. The molecule has 9 atom stereocenters. The third kappa shape index (κ3) is 36.3. The molecule has 0 aliphatic carbocycles. The SMILES string of the molecule is CCCC/C=C/CC/C=C/CCCC(O)C(O)C(COC1OC(CO)C(O)C(O)C1O)NC(=O)C(O)CCCCCCCCCCCCCCCCCC/C=C\CCCCCCCCCCCCCC. The molecule has 1 aliphatic heterocycles. The molecule has 0 spiro atoms. The summed E-state index contributed by atoms with van der Waals surface area (Å²) in [5, 5.41) is 75.8. The second-order valence-electron chi connectivity index (χ2n) is 20.7. The van der Waals surface area contributed by atoms with E-state index < -0.39 is 74.2 Å². The smallest absolute Gasteiger partial charge is 0.249 e. The van der Waals surface area contributed by atoms with E-state index in [1.807, 2.05) is 0 Å². The molecule has 0 saturated carbocycles. The van der Waals surface area contributed by atoms with E-state index in [1.165, 1.54) is 180 Å². The molecule has 0 radical (unpaired) electrons. The quantitative estimate of drug-likeness (QED) is 0.0215. The maximum Gasteiger partial charge on any atom is 0.249 e. The van der Waals surface area contributed by atoms with Crippen molar-refractivity contribution in [2.75, 3.05) is 13.2 Å². The van der Waals surface area contributed by atoms with Gasteiger partial charge in [0.15, 0.2) is 6.29 Å². The number of amides is 1. The fraction of sp³-hybridized carbons (Fsp3) is 0.881.